The Labute approximate surface area is 250 Å². The molecule has 0 spiro atoms. The number of piperazine rings is 1. The molecule has 218 valence electrons. The highest BCUT2D eigenvalue weighted by molar-refractivity contribution is 6.07. The van der Waals surface area contributed by atoms with Crippen molar-refractivity contribution in [2.75, 3.05) is 55.4 Å². The summed E-state index contributed by atoms with van der Waals surface area (Å²) in [4.78, 5) is 25.9. The first kappa shape index (κ1) is 28.1. The van der Waals surface area contributed by atoms with Crippen molar-refractivity contribution in [2.45, 2.75) is 6.04 Å². The van der Waals surface area contributed by atoms with Gasteiger partial charge in [-0.25, -0.2) is 9.97 Å². The number of fused-ring (bicyclic) bond motifs is 1. The molecule has 1 saturated heterocycles. The maximum atomic E-state index is 12.1. The Morgan fingerprint density at radius 1 is 1.00 bits per heavy atom. The third-order valence-electron chi connectivity index (χ3n) is 7.79. The van der Waals surface area contributed by atoms with Crippen LogP contribution in [0, 0.1) is 0 Å². The zero-order chi connectivity index (χ0) is 29.8. The second-order valence-electron chi connectivity index (χ2n) is 10.6. The van der Waals surface area contributed by atoms with E-state index in [0.717, 1.165) is 48.4 Å². The molecule has 3 aromatic carbocycles. The number of amides is 1. The molecule has 6 rings (SSSR count). The zero-order valence-corrected chi connectivity index (χ0v) is 24.0. The molecule has 0 bridgehead atoms. The Kier molecular flexibility index (Phi) is 8.17. The van der Waals surface area contributed by atoms with Crippen molar-refractivity contribution < 1.29 is 14.3 Å². The van der Waals surface area contributed by atoms with Crippen LogP contribution in [0.25, 0.3) is 33.6 Å². The van der Waals surface area contributed by atoms with Crippen LogP contribution < -0.4 is 15.5 Å². The number of aliphatic hydroxyl groups excluding tert-OH is 1. The van der Waals surface area contributed by atoms with Gasteiger partial charge in [-0.1, -0.05) is 49.0 Å². The van der Waals surface area contributed by atoms with Crippen LogP contribution in [0.4, 0.5) is 17.2 Å². The summed E-state index contributed by atoms with van der Waals surface area (Å²) in [6.45, 7) is 7.44. The van der Waals surface area contributed by atoms with E-state index in [9.17, 15) is 9.90 Å². The van der Waals surface area contributed by atoms with Gasteiger partial charge in [-0.15, -0.1) is 0 Å². The van der Waals surface area contributed by atoms with Crippen LogP contribution in [-0.2, 0) is 4.79 Å². The lowest BCUT2D eigenvalue weighted by atomic mass is 9.98. The predicted molar refractivity (Wildman–Crippen MR) is 171 cm³/mol. The number of likely N-dealkylation sites (N-methyl/N-ethyl adjacent to an activating group) is 1. The van der Waals surface area contributed by atoms with Crippen LogP contribution in [0.2, 0.25) is 0 Å². The fourth-order valence-electron chi connectivity index (χ4n) is 5.44. The summed E-state index contributed by atoms with van der Waals surface area (Å²) in [6.07, 6.45) is 2.69. The topological polar surface area (TPSA) is 107 Å². The van der Waals surface area contributed by atoms with E-state index in [2.05, 4.69) is 68.3 Å². The molecule has 9 nitrogen and oxygen atoms in total. The number of aliphatic hydroxyl groups is 1. The van der Waals surface area contributed by atoms with E-state index in [0.29, 0.717) is 28.4 Å². The maximum Gasteiger partial charge on any atom is 0.247 e. The lowest BCUT2D eigenvalue weighted by molar-refractivity contribution is -0.111. The highest BCUT2D eigenvalue weighted by Gasteiger charge is 2.24. The van der Waals surface area contributed by atoms with Gasteiger partial charge in [0.2, 0.25) is 11.6 Å². The van der Waals surface area contributed by atoms with E-state index in [1.54, 1.807) is 0 Å². The van der Waals surface area contributed by atoms with Crippen molar-refractivity contribution >= 4 is 34.2 Å². The standard InChI is InChI=1S/C34H34N6O3/c1-3-29(42)37-26-11-7-10-25(20-26)30-31-33(38-28(21-41)23-8-5-4-6-9-23)35-22-36-34(31)43-32(30)24-12-14-27(15-13-24)40-18-16-39(2)17-19-40/h3-15,20,22,28,41H,1,16-19,21H2,2H3,(H,37,42)(H,35,36,38)/t28-/m1/s1. The summed E-state index contributed by atoms with van der Waals surface area (Å²) in [5.41, 5.74) is 5.61. The van der Waals surface area contributed by atoms with Crippen LogP contribution in [0.3, 0.4) is 0 Å². The second kappa shape index (κ2) is 12.5. The van der Waals surface area contributed by atoms with Crippen LogP contribution in [0.5, 0.6) is 0 Å². The molecule has 3 heterocycles. The molecule has 5 aromatic rings. The molecule has 0 radical (unpaired) electrons. The van der Waals surface area contributed by atoms with Gasteiger partial charge < -0.3 is 30.0 Å². The Bertz CT molecular complexity index is 1730. The van der Waals surface area contributed by atoms with Gasteiger partial charge in [-0.2, -0.15) is 0 Å². The molecule has 1 amide bonds. The van der Waals surface area contributed by atoms with Gasteiger partial charge in [0.25, 0.3) is 0 Å². The third-order valence-corrected chi connectivity index (χ3v) is 7.79. The van der Waals surface area contributed by atoms with Crippen molar-refractivity contribution in [3.8, 4) is 22.5 Å². The van der Waals surface area contributed by atoms with E-state index < -0.39 is 6.04 Å². The minimum absolute atomic E-state index is 0.133. The molecular weight excluding hydrogens is 540 g/mol. The quantitative estimate of drug-likeness (QED) is 0.196. The average Bonchev–Trinajstić information content (AvgIpc) is 3.45. The van der Waals surface area contributed by atoms with Gasteiger partial charge in [0, 0.05) is 48.7 Å². The first-order valence-electron chi connectivity index (χ1n) is 14.3. The fourth-order valence-corrected chi connectivity index (χ4v) is 5.44. The number of benzene rings is 3. The van der Waals surface area contributed by atoms with E-state index in [1.807, 2.05) is 54.6 Å². The van der Waals surface area contributed by atoms with E-state index in [4.69, 9.17) is 4.42 Å². The van der Waals surface area contributed by atoms with Crippen LogP contribution in [0.15, 0.2) is 102 Å². The first-order chi connectivity index (χ1) is 21.0. The highest BCUT2D eigenvalue weighted by atomic mass is 16.3. The number of hydrogen-bond donors (Lipinski definition) is 3. The molecule has 0 saturated carbocycles. The summed E-state index contributed by atoms with van der Waals surface area (Å²) in [5.74, 6) is 0.872. The van der Waals surface area contributed by atoms with Gasteiger partial charge >= 0.3 is 0 Å². The minimum atomic E-state index is -0.397. The molecule has 0 unspecified atom stereocenters. The number of carbonyl (C=O) groups excluding carboxylic acids is 1. The fraction of sp³-hybridized carbons (Fsp3) is 0.206. The van der Waals surface area contributed by atoms with Crippen LogP contribution in [-0.4, -0.2) is 65.7 Å². The van der Waals surface area contributed by atoms with Crippen molar-refractivity contribution in [1.82, 2.24) is 14.9 Å². The van der Waals surface area contributed by atoms with E-state index in [1.165, 1.54) is 18.1 Å². The summed E-state index contributed by atoms with van der Waals surface area (Å²) >= 11 is 0. The Morgan fingerprint density at radius 3 is 2.49 bits per heavy atom. The van der Waals surface area contributed by atoms with Crippen molar-refractivity contribution in [1.29, 1.82) is 0 Å². The van der Waals surface area contributed by atoms with Crippen molar-refractivity contribution in [3.63, 3.8) is 0 Å². The number of furan rings is 1. The number of nitrogens with zero attached hydrogens (tertiary/aromatic N) is 4. The maximum absolute atomic E-state index is 12.1. The van der Waals surface area contributed by atoms with Crippen molar-refractivity contribution in [3.05, 3.63) is 103 Å². The molecule has 1 aliphatic heterocycles. The molecule has 1 aliphatic rings. The monoisotopic (exact) mass is 574 g/mol. The minimum Gasteiger partial charge on any atom is -0.437 e. The predicted octanol–water partition coefficient (Wildman–Crippen LogP) is 5.58. The summed E-state index contributed by atoms with van der Waals surface area (Å²) < 4.78 is 6.47. The number of anilines is 3. The van der Waals surface area contributed by atoms with E-state index >= 15 is 0 Å². The number of aromatic nitrogens is 2. The Balaban J connectivity index is 1.47. The van der Waals surface area contributed by atoms with E-state index in [-0.39, 0.29) is 12.5 Å². The number of rotatable bonds is 9. The lowest BCUT2D eigenvalue weighted by Gasteiger charge is -2.34. The molecule has 1 fully saturated rings. The van der Waals surface area contributed by atoms with Gasteiger partial charge in [-0.3, -0.25) is 4.79 Å². The smallest absolute Gasteiger partial charge is 0.247 e. The average molecular weight is 575 g/mol. The number of carbonyl (C=O) groups is 1. The first-order valence-corrected chi connectivity index (χ1v) is 14.3. The van der Waals surface area contributed by atoms with Gasteiger partial charge in [0.15, 0.2) is 0 Å². The summed E-state index contributed by atoms with van der Waals surface area (Å²) in [6, 6.07) is 25.3. The lowest BCUT2D eigenvalue weighted by Crippen LogP contribution is -2.44. The van der Waals surface area contributed by atoms with Gasteiger partial charge in [0.05, 0.1) is 18.0 Å². The Hall–Kier alpha value is -4.99. The molecule has 2 aromatic heterocycles. The molecular formula is C34H34N6O3. The van der Waals surface area contributed by atoms with Gasteiger partial charge in [-0.05, 0) is 60.6 Å². The molecule has 43 heavy (non-hydrogen) atoms. The largest absolute Gasteiger partial charge is 0.437 e. The van der Waals surface area contributed by atoms with Crippen LogP contribution in [0.1, 0.15) is 11.6 Å². The molecule has 1 atom stereocenters. The SMILES string of the molecule is C=CC(=O)Nc1cccc(-c2c(-c3ccc(N4CCN(C)CC4)cc3)oc3ncnc(N[C@H](CO)c4ccccc4)c23)c1. The van der Waals surface area contributed by atoms with Gasteiger partial charge in [0.1, 0.15) is 17.9 Å². The third kappa shape index (κ3) is 5.99. The van der Waals surface area contributed by atoms with Crippen LogP contribution >= 0.6 is 0 Å². The zero-order valence-electron chi connectivity index (χ0n) is 24.0. The summed E-state index contributed by atoms with van der Waals surface area (Å²) in [5, 5.41) is 17.2. The molecule has 9 heteroatoms. The number of hydrogen-bond acceptors (Lipinski definition) is 8. The Morgan fingerprint density at radius 2 is 1.77 bits per heavy atom. The number of nitrogens with one attached hydrogen (secondary N) is 2. The second-order valence-corrected chi connectivity index (χ2v) is 10.6. The molecule has 0 aliphatic carbocycles. The normalized spacial score (nSPS) is 14.4. The van der Waals surface area contributed by atoms with Crippen molar-refractivity contribution in [2.24, 2.45) is 0 Å². The molecule has 3 N–H and O–H groups in total. The summed E-state index contributed by atoms with van der Waals surface area (Å²) in [7, 11) is 2.15. The highest BCUT2D eigenvalue weighted by Crippen LogP contribution is 2.44.